The average molecular weight is 509 g/mol. The van der Waals surface area contributed by atoms with Gasteiger partial charge in [0, 0.05) is 31.1 Å². The molecule has 3 atom stereocenters. The molecule has 2 aliphatic rings. The van der Waals surface area contributed by atoms with Crippen molar-refractivity contribution in [2.75, 3.05) is 38.7 Å². The molecule has 1 aliphatic heterocycles. The Morgan fingerprint density at radius 1 is 1.17 bits per heavy atom. The summed E-state index contributed by atoms with van der Waals surface area (Å²) >= 11 is 5.97. The molecule has 2 heterocycles. The van der Waals surface area contributed by atoms with Crippen LogP contribution in [0.2, 0.25) is 5.02 Å². The number of anilines is 2. The topological polar surface area (TPSA) is 59.5 Å². The molecule has 2 aromatic carbocycles. The van der Waals surface area contributed by atoms with Crippen molar-refractivity contribution < 1.29 is 13.9 Å². The third-order valence-electron chi connectivity index (χ3n) is 7.31. The molecular formula is C27H31BClFN4O2. The number of nitrogens with one attached hydrogen (secondary N) is 1. The number of likely N-dealkylation sites (tertiary alicyclic amines) is 1. The van der Waals surface area contributed by atoms with Crippen molar-refractivity contribution in [3.8, 4) is 11.5 Å². The second kappa shape index (κ2) is 10.4. The van der Waals surface area contributed by atoms with E-state index in [1.165, 1.54) is 44.9 Å². The Morgan fingerprint density at radius 2 is 1.92 bits per heavy atom. The maximum atomic E-state index is 14.6. The molecule has 5 rings (SSSR count). The van der Waals surface area contributed by atoms with Crippen LogP contribution in [0.1, 0.15) is 26.7 Å². The Bertz CT molecular complexity index is 1250. The molecule has 3 aromatic rings. The molecule has 2 radical (unpaired) electrons. The number of halogens is 2. The lowest BCUT2D eigenvalue weighted by Crippen LogP contribution is -2.27. The van der Waals surface area contributed by atoms with Crippen LogP contribution in [0.5, 0.6) is 11.5 Å². The molecule has 9 heteroatoms. The molecule has 1 saturated carbocycles. The smallest absolute Gasteiger partial charge is 0.164 e. The fourth-order valence-corrected chi connectivity index (χ4v) is 5.92. The molecule has 1 aromatic heterocycles. The van der Waals surface area contributed by atoms with E-state index in [4.69, 9.17) is 28.9 Å². The van der Waals surface area contributed by atoms with Crippen LogP contribution in [0.3, 0.4) is 0 Å². The van der Waals surface area contributed by atoms with Gasteiger partial charge in [0.05, 0.1) is 29.9 Å². The van der Waals surface area contributed by atoms with Crippen LogP contribution in [0.4, 0.5) is 15.9 Å². The number of fused-ring (bicyclic) bond motifs is 2. The number of methoxy groups -OCH3 is 1. The zero-order valence-electron chi connectivity index (χ0n) is 20.9. The van der Waals surface area contributed by atoms with Gasteiger partial charge in [-0.2, -0.15) is 0 Å². The minimum absolute atomic E-state index is 0.129. The van der Waals surface area contributed by atoms with Gasteiger partial charge >= 0.3 is 0 Å². The van der Waals surface area contributed by atoms with E-state index < -0.39 is 5.82 Å². The largest absolute Gasteiger partial charge is 0.493 e. The zero-order chi connectivity index (χ0) is 25.4. The van der Waals surface area contributed by atoms with E-state index >= 15 is 0 Å². The number of benzene rings is 2. The monoisotopic (exact) mass is 508 g/mol. The lowest BCUT2D eigenvalue weighted by Gasteiger charge is -2.21. The van der Waals surface area contributed by atoms with Gasteiger partial charge < -0.3 is 19.7 Å². The summed E-state index contributed by atoms with van der Waals surface area (Å²) in [5, 5.41) is 3.55. The normalized spacial score (nSPS) is 21.8. The Kier molecular flexibility index (Phi) is 7.26. The highest BCUT2D eigenvalue weighted by Crippen LogP contribution is 2.43. The predicted octanol–water partition coefficient (Wildman–Crippen LogP) is 4.96. The van der Waals surface area contributed by atoms with Gasteiger partial charge in [-0.1, -0.05) is 37.0 Å². The van der Waals surface area contributed by atoms with Crippen molar-refractivity contribution in [2.45, 2.75) is 26.7 Å². The van der Waals surface area contributed by atoms with E-state index in [2.05, 4.69) is 34.0 Å². The van der Waals surface area contributed by atoms with Crippen LogP contribution < -0.4 is 20.3 Å². The summed E-state index contributed by atoms with van der Waals surface area (Å²) in [6.07, 6.45) is 3.85. The molecule has 1 saturated heterocycles. The van der Waals surface area contributed by atoms with Crippen molar-refractivity contribution in [3.05, 3.63) is 41.4 Å². The molecule has 1 N–H and O–H groups in total. The summed E-state index contributed by atoms with van der Waals surface area (Å²) in [7, 11) is 7.30. The second-order valence-electron chi connectivity index (χ2n) is 10.5. The van der Waals surface area contributed by atoms with Gasteiger partial charge in [0.1, 0.15) is 20.0 Å². The van der Waals surface area contributed by atoms with Gasteiger partial charge in [0.25, 0.3) is 0 Å². The first-order valence-electron chi connectivity index (χ1n) is 12.5. The second-order valence-corrected chi connectivity index (χ2v) is 10.9. The van der Waals surface area contributed by atoms with Crippen molar-refractivity contribution in [1.82, 2.24) is 14.9 Å². The van der Waals surface area contributed by atoms with Crippen LogP contribution >= 0.6 is 11.6 Å². The van der Waals surface area contributed by atoms with Crippen molar-refractivity contribution in [1.29, 1.82) is 0 Å². The quantitative estimate of drug-likeness (QED) is 0.434. The van der Waals surface area contributed by atoms with E-state index in [0.29, 0.717) is 46.7 Å². The number of hydrogen-bond acceptors (Lipinski definition) is 6. The molecule has 0 spiro atoms. The third kappa shape index (κ3) is 5.11. The molecule has 6 nitrogen and oxygen atoms in total. The maximum Gasteiger partial charge on any atom is 0.164 e. The SMILES string of the molecule is [B]c1ccc(Nc2ncnc3cc(OCC4C[C@@H]5CN(CC(C)C)C[C@@H]5C4)c(OC)cc23)c(F)c1Cl. The summed E-state index contributed by atoms with van der Waals surface area (Å²) < 4.78 is 26.5. The van der Waals surface area contributed by atoms with Crippen LogP contribution in [-0.4, -0.2) is 56.1 Å². The van der Waals surface area contributed by atoms with E-state index in [9.17, 15) is 4.39 Å². The van der Waals surface area contributed by atoms with Crippen LogP contribution in [0.25, 0.3) is 10.9 Å². The number of hydrogen-bond donors (Lipinski definition) is 1. The number of aromatic nitrogens is 2. The van der Waals surface area contributed by atoms with Gasteiger partial charge in [-0.25, -0.2) is 14.4 Å². The Labute approximate surface area is 217 Å². The molecule has 0 bridgehead atoms. The van der Waals surface area contributed by atoms with Crippen molar-refractivity contribution in [2.24, 2.45) is 23.7 Å². The molecular weight excluding hydrogens is 478 g/mol. The van der Waals surface area contributed by atoms with Gasteiger partial charge in [0.2, 0.25) is 0 Å². The first-order chi connectivity index (χ1) is 17.3. The highest BCUT2D eigenvalue weighted by atomic mass is 35.5. The summed E-state index contributed by atoms with van der Waals surface area (Å²) in [5.74, 6) is 3.84. The van der Waals surface area contributed by atoms with Gasteiger partial charge in [-0.15, -0.1) is 0 Å². The fourth-order valence-electron chi connectivity index (χ4n) is 5.76. The first kappa shape index (κ1) is 25.1. The van der Waals surface area contributed by atoms with E-state index in [1.54, 1.807) is 13.2 Å². The standard InChI is InChI=1S/C27H31BClFN4O2/c1-15(2)10-34-11-17-6-16(7-18(17)12-34)13-36-24-9-22-19(8-23(24)35-3)27(32-14-31-22)33-21-5-4-20(28)25(29)26(21)30/h4-5,8-9,14-18H,6-7,10-13H2,1-3H3,(H,31,32,33)/t16?,17-,18+. The van der Waals surface area contributed by atoms with E-state index in [-0.39, 0.29) is 16.2 Å². The highest BCUT2D eigenvalue weighted by Gasteiger charge is 2.41. The fraction of sp³-hybridized carbons (Fsp3) is 0.481. The van der Waals surface area contributed by atoms with Crippen LogP contribution in [0.15, 0.2) is 30.6 Å². The molecule has 1 unspecified atom stereocenters. The number of nitrogens with zero attached hydrogens (tertiary/aromatic N) is 3. The first-order valence-corrected chi connectivity index (χ1v) is 12.9. The highest BCUT2D eigenvalue weighted by molar-refractivity contribution is 6.45. The maximum absolute atomic E-state index is 14.6. The summed E-state index contributed by atoms with van der Waals surface area (Å²) in [4.78, 5) is 11.3. The lowest BCUT2D eigenvalue weighted by atomic mass is 9.96. The molecule has 0 amide bonds. The zero-order valence-corrected chi connectivity index (χ0v) is 21.7. The van der Waals surface area contributed by atoms with Crippen molar-refractivity contribution >= 4 is 47.3 Å². The number of ether oxygens (including phenoxy) is 2. The Hall–Kier alpha value is -2.58. The summed E-state index contributed by atoms with van der Waals surface area (Å²) in [6, 6.07) is 6.74. The Balaban J connectivity index is 1.29. The van der Waals surface area contributed by atoms with Crippen LogP contribution in [-0.2, 0) is 0 Å². The summed E-state index contributed by atoms with van der Waals surface area (Å²) in [6.45, 7) is 8.86. The minimum Gasteiger partial charge on any atom is -0.493 e. The molecule has 1 aliphatic carbocycles. The lowest BCUT2D eigenvalue weighted by molar-refractivity contribution is 0.216. The van der Waals surface area contributed by atoms with E-state index in [1.807, 2.05) is 12.1 Å². The Morgan fingerprint density at radius 3 is 2.61 bits per heavy atom. The third-order valence-corrected chi connectivity index (χ3v) is 7.69. The number of rotatable bonds is 8. The van der Waals surface area contributed by atoms with Gasteiger partial charge in [-0.3, -0.25) is 0 Å². The average Bonchev–Trinajstić information content (AvgIpc) is 3.40. The minimum atomic E-state index is -0.635. The van der Waals surface area contributed by atoms with Crippen LogP contribution in [0, 0.1) is 29.5 Å². The molecule has 2 fully saturated rings. The van der Waals surface area contributed by atoms with E-state index in [0.717, 1.165) is 11.8 Å². The predicted molar refractivity (Wildman–Crippen MR) is 143 cm³/mol. The van der Waals surface area contributed by atoms with Gasteiger partial charge in [0.15, 0.2) is 17.3 Å². The van der Waals surface area contributed by atoms with Gasteiger partial charge in [-0.05, 0) is 48.6 Å². The molecule has 188 valence electrons. The van der Waals surface area contributed by atoms with Crippen molar-refractivity contribution in [3.63, 3.8) is 0 Å². The molecule has 36 heavy (non-hydrogen) atoms. The summed E-state index contributed by atoms with van der Waals surface area (Å²) in [5.41, 5.74) is 1.01.